The maximum Gasteiger partial charge on any atom is 0.262 e. The second kappa shape index (κ2) is 10.7. The molecule has 0 unspecified atom stereocenters. The van der Waals surface area contributed by atoms with Crippen molar-refractivity contribution in [1.82, 2.24) is 4.90 Å². The van der Waals surface area contributed by atoms with E-state index in [0.717, 1.165) is 50.4 Å². The molecule has 1 fully saturated rings. The van der Waals surface area contributed by atoms with Gasteiger partial charge in [-0.1, -0.05) is 26.0 Å². The van der Waals surface area contributed by atoms with E-state index in [9.17, 15) is 9.59 Å². The van der Waals surface area contributed by atoms with E-state index in [2.05, 4.69) is 17.1 Å². The van der Waals surface area contributed by atoms with E-state index in [1.54, 1.807) is 0 Å². The SMILES string of the molecule is CCCC(=O)N1CCN(c2ccc(NC(=O)COc3ccc(CC)cc3)cc2)CC1. The quantitative estimate of drug-likeness (QED) is 0.722. The van der Waals surface area contributed by atoms with Gasteiger partial charge in [-0.2, -0.15) is 0 Å². The number of nitrogens with zero attached hydrogens (tertiary/aromatic N) is 2. The van der Waals surface area contributed by atoms with E-state index in [1.165, 1.54) is 5.56 Å². The van der Waals surface area contributed by atoms with Crippen molar-refractivity contribution in [3.63, 3.8) is 0 Å². The number of hydrogen-bond donors (Lipinski definition) is 1. The normalized spacial score (nSPS) is 13.8. The smallest absolute Gasteiger partial charge is 0.262 e. The van der Waals surface area contributed by atoms with Gasteiger partial charge in [0.2, 0.25) is 5.91 Å². The van der Waals surface area contributed by atoms with Crippen LogP contribution in [0.4, 0.5) is 11.4 Å². The van der Waals surface area contributed by atoms with Crippen LogP contribution in [-0.4, -0.2) is 49.5 Å². The van der Waals surface area contributed by atoms with Crippen molar-refractivity contribution < 1.29 is 14.3 Å². The number of rotatable bonds is 8. The van der Waals surface area contributed by atoms with Gasteiger partial charge in [-0.05, 0) is 54.8 Å². The second-order valence-electron chi connectivity index (χ2n) is 7.50. The summed E-state index contributed by atoms with van der Waals surface area (Å²) in [6, 6.07) is 15.6. The molecule has 2 aromatic rings. The van der Waals surface area contributed by atoms with E-state index < -0.39 is 0 Å². The molecular formula is C24H31N3O3. The van der Waals surface area contributed by atoms with Gasteiger partial charge in [0.05, 0.1) is 0 Å². The predicted molar refractivity (Wildman–Crippen MR) is 120 cm³/mol. The van der Waals surface area contributed by atoms with Crippen LogP contribution < -0.4 is 15.0 Å². The molecule has 6 heteroatoms. The Hall–Kier alpha value is -3.02. The third kappa shape index (κ3) is 5.99. The van der Waals surface area contributed by atoms with Gasteiger partial charge in [0.1, 0.15) is 5.75 Å². The van der Waals surface area contributed by atoms with Crippen LogP contribution >= 0.6 is 0 Å². The van der Waals surface area contributed by atoms with Crippen LogP contribution in [0.1, 0.15) is 32.3 Å². The third-order valence-corrected chi connectivity index (χ3v) is 5.31. The van der Waals surface area contributed by atoms with Crippen molar-refractivity contribution in [3.05, 3.63) is 54.1 Å². The number of piperazine rings is 1. The van der Waals surface area contributed by atoms with E-state index in [0.29, 0.717) is 12.2 Å². The molecule has 2 amide bonds. The number of benzene rings is 2. The number of carbonyl (C=O) groups excluding carboxylic acids is 2. The lowest BCUT2D eigenvalue weighted by Crippen LogP contribution is -2.48. The Morgan fingerprint density at radius 2 is 1.60 bits per heavy atom. The number of amides is 2. The Balaban J connectivity index is 1.45. The van der Waals surface area contributed by atoms with Crippen LogP contribution in [-0.2, 0) is 16.0 Å². The molecule has 1 saturated heterocycles. The highest BCUT2D eigenvalue weighted by Gasteiger charge is 2.20. The summed E-state index contributed by atoms with van der Waals surface area (Å²) in [6.07, 6.45) is 2.49. The van der Waals surface area contributed by atoms with Gasteiger partial charge in [-0.3, -0.25) is 9.59 Å². The summed E-state index contributed by atoms with van der Waals surface area (Å²) in [7, 11) is 0. The van der Waals surface area contributed by atoms with Crippen LogP contribution in [0.15, 0.2) is 48.5 Å². The van der Waals surface area contributed by atoms with Gasteiger partial charge in [-0.15, -0.1) is 0 Å². The summed E-state index contributed by atoms with van der Waals surface area (Å²) < 4.78 is 5.55. The largest absolute Gasteiger partial charge is 0.484 e. The van der Waals surface area contributed by atoms with Gasteiger partial charge >= 0.3 is 0 Å². The molecule has 30 heavy (non-hydrogen) atoms. The molecule has 6 nitrogen and oxygen atoms in total. The number of carbonyl (C=O) groups is 2. The van der Waals surface area contributed by atoms with E-state index in [1.807, 2.05) is 60.4 Å². The Morgan fingerprint density at radius 3 is 2.20 bits per heavy atom. The van der Waals surface area contributed by atoms with Gasteiger partial charge < -0.3 is 19.9 Å². The summed E-state index contributed by atoms with van der Waals surface area (Å²) in [5.74, 6) is 0.748. The van der Waals surface area contributed by atoms with Gasteiger partial charge in [-0.25, -0.2) is 0 Å². The summed E-state index contributed by atoms with van der Waals surface area (Å²) in [4.78, 5) is 28.4. The Bertz CT molecular complexity index is 826. The van der Waals surface area contributed by atoms with Crippen molar-refractivity contribution in [1.29, 1.82) is 0 Å². The molecule has 1 aliphatic heterocycles. The van der Waals surface area contributed by atoms with Crippen molar-refractivity contribution in [2.75, 3.05) is 43.0 Å². The van der Waals surface area contributed by atoms with Crippen LogP contribution in [0, 0.1) is 0 Å². The molecule has 1 heterocycles. The van der Waals surface area contributed by atoms with Crippen LogP contribution in [0.2, 0.25) is 0 Å². The molecule has 0 aliphatic carbocycles. The minimum absolute atomic E-state index is 0.0268. The molecule has 1 aliphatic rings. The molecule has 0 radical (unpaired) electrons. The van der Waals surface area contributed by atoms with Crippen molar-refractivity contribution in [2.24, 2.45) is 0 Å². The monoisotopic (exact) mass is 409 g/mol. The molecule has 160 valence electrons. The molecule has 0 atom stereocenters. The van der Waals surface area contributed by atoms with E-state index in [4.69, 9.17) is 4.74 Å². The zero-order valence-corrected chi connectivity index (χ0v) is 17.9. The zero-order valence-electron chi connectivity index (χ0n) is 17.9. The highest BCUT2D eigenvalue weighted by Crippen LogP contribution is 2.20. The average Bonchev–Trinajstić information content (AvgIpc) is 2.79. The maximum absolute atomic E-state index is 12.2. The standard InChI is InChI=1S/C24H31N3O3/c1-3-5-24(29)27-16-14-26(15-17-27)21-10-8-20(9-11-21)25-23(28)18-30-22-12-6-19(4-2)7-13-22/h6-13H,3-5,14-18H2,1-2H3,(H,25,28). The summed E-state index contributed by atoms with van der Waals surface area (Å²) in [6.45, 7) is 7.27. The predicted octanol–water partition coefficient (Wildman–Crippen LogP) is 3.72. The highest BCUT2D eigenvalue weighted by atomic mass is 16.5. The van der Waals surface area contributed by atoms with Gasteiger partial charge in [0.15, 0.2) is 6.61 Å². The zero-order chi connectivity index (χ0) is 21.3. The number of nitrogens with one attached hydrogen (secondary N) is 1. The lowest BCUT2D eigenvalue weighted by atomic mass is 10.2. The molecule has 0 saturated carbocycles. The average molecular weight is 410 g/mol. The Morgan fingerprint density at radius 1 is 0.933 bits per heavy atom. The second-order valence-corrected chi connectivity index (χ2v) is 7.50. The fourth-order valence-electron chi connectivity index (χ4n) is 3.51. The van der Waals surface area contributed by atoms with Crippen molar-refractivity contribution >= 4 is 23.2 Å². The van der Waals surface area contributed by atoms with Crippen LogP contribution in [0.5, 0.6) is 5.75 Å². The summed E-state index contributed by atoms with van der Waals surface area (Å²) in [5.41, 5.74) is 3.08. The first kappa shape index (κ1) is 21.7. The lowest BCUT2D eigenvalue weighted by molar-refractivity contribution is -0.131. The molecule has 0 bridgehead atoms. The van der Waals surface area contributed by atoms with E-state index >= 15 is 0 Å². The molecular weight excluding hydrogens is 378 g/mol. The fourth-order valence-corrected chi connectivity index (χ4v) is 3.51. The minimum atomic E-state index is -0.189. The van der Waals surface area contributed by atoms with Gasteiger partial charge in [0.25, 0.3) is 5.91 Å². The number of hydrogen-bond acceptors (Lipinski definition) is 4. The Labute approximate surface area is 178 Å². The third-order valence-electron chi connectivity index (χ3n) is 5.31. The van der Waals surface area contributed by atoms with Crippen molar-refractivity contribution in [2.45, 2.75) is 33.1 Å². The van der Waals surface area contributed by atoms with Crippen LogP contribution in [0.3, 0.4) is 0 Å². The topological polar surface area (TPSA) is 61.9 Å². The fraction of sp³-hybridized carbons (Fsp3) is 0.417. The highest BCUT2D eigenvalue weighted by molar-refractivity contribution is 5.92. The lowest BCUT2D eigenvalue weighted by Gasteiger charge is -2.36. The first-order valence-corrected chi connectivity index (χ1v) is 10.7. The summed E-state index contributed by atoms with van der Waals surface area (Å²) in [5, 5.41) is 2.87. The number of anilines is 2. The molecule has 3 rings (SSSR count). The molecule has 1 N–H and O–H groups in total. The molecule has 0 spiro atoms. The first-order valence-electron chi connectivity index (χ1n) is 10.7. The molecule has 2 aromatic carbocycles. The molecule has 0 aromatic heterocycles. The summed E-state index contributed by atoms with van der Waals surface area (Å²) >= 11 is 0. The van der Waals surface area contributed by atoms with Crippen molar-refractivity contribution in [3.8, 4) is 5.75 Å². The van der Waals surface area contributed by atoms with Crippen LogP contribution in [0.25, 0.3) is 0 Å². The number of aryl methyl sites for hydroxylation is 1. The first-order chi connectivity index (χ1) is 14.6. The Kier molecular flexibility index (Phi) is 7.71. The maximum atomic E-state index is 12.2. The number of ether oxygens (including phenoxy) is 1. The van der Waals surface area contributed by atoms with Gasteiger partial charge in [0, 0.05) is 44.0 Å². The van der Waals surface area contributed by atoms with E-state index in [-0.39, 0.29) is 18.4 Å². The minimum Gasteiger partial charge on any atom is -0.484 e.